The predicted molar refractivity (Wildman–Crippen MR) is 98.6 cm³/mol. The Morgan fingerprint density at radius 2 is 1.65 bits per heavy atom. The summed E-state index contributed by atoms with van der Waals surface area (Å²) < 4.78 is 15.5. The van der Waals surface area contributed by atoms with Crippen LogP contribution in [0.25, 0.3) is 10.9 Å². The van der Waals surface area contributed by atoms with Crippen LogP contribution >= 0.6 is 0 Å². The fourth-order valence-electron chi connectivity index (χ4n) is 2.58. The molecule has 0 atom stereocenters. The van der Waals surface area contributed by atoms with Gasteiger partial charge in [0.1, 0.15) is 22.8 Å². The molecule has 3 aromatic rings. The zero-order valence-electron chi connectivity index (χ0n) is 14.6. The van der Waals surface area contributed by atoms with Gasteiger partial charge in [0, 0.05) is 23.2 Å². The topological polar surface area (TPSA) is 89.6 Å². The van der Waals surface area contributed by atoms with E-state index in [-0.39, 0.29) is 11.0 Å². The summed E-state index contributed by atoms with van der Waals surface area (Å²) in [4.78, 5) is 28.3. The number of amides is 1. The van der Waals surface area contributed by atoms with Crippen LogP contribution in [0.2, 0.25) is 0 Å². The number of benzene rings is 2. The lowest BCUT2D eigenvalue weighted by atomic mass is 10.1. The summed E-state index contributed by atoms with van der Waals surface area (Å²) in [5, 5.41) is 3.07. The Morgan fingerprint density at radius 3 is 2.35 bits per heavy atom. The number of methoxy groups -OCH3 is 3. The van der Waals surface area contributed by atoms with Gasteiger partial charge in [-0.3, -0.25) is 9.59 Å². The number of ether oxygens (including phenoxy) is 3. The number of carbonyl (C=O) groups excluding carboxylic acids is 1. The van der Waals surface area contributed by atoms with Gasteiger partial charge in [-0.05, 0) is 30.3 Å². The molecule has 0 saturated heterocycles. The number of aromatic nitrogens is 1. The number of aromatic amines is 1. The molecule has 134 valence electrons. The molecule has 3 rings (SSSR count). The molecule has 7 nitrogen and oxygen atoms in total. The standard InChI is InChI=1S/C19H18N2O5/c1-24-11-4-6-15-13(8-11)18(22)14(10-20-15)19(23)21-16-7-5-12(25-2)9-17(16)26-3/h4-10H,1-3H3,(H,20,22)(H,21,23). The first-order chi connectivity index (χ1) is 12.6. The highest BCUT2D eigenvalue weighted by atomic mass is 16.5. The van der Waals surface area contributed by atoms with Crippen molar-refractivity contribution in [3.63, 3.8) is 0 Å². The lowest BCUT2D eigenvalue weighted by Gasteiger charge is -2.12. The van der Waals surface area contributed by atoms with E-state index in [2.05, 4.69) is 10.3 Å². The molecule has 1 amide bonds. The molecule has 0 bridgehead atoms. The summed E-state index contributed by atoms with van der Waals surface area (Å²) in [6.07, 6.45) is 1.39. The largest absolute Gasteiger partial charge is 0.497 e. The Morgan fingerprint density at radius 1 is 0.962 bits per heavy atom. The quantitative estimate of drug-likeness (QED) is 0.735. The van der Waals surface area contributed by atoms with E-state index in [0.717, 1.165) is 0 Å². The van der Waals surface area contributed by atoms with E-state index < -0.39 is 5.91 Å². The van der Waals surface area contributed by atoms with Crippen LogP contribution < -0.4 is 25.0 Å². The van der Waals surface area contributed by atoms with Crippen molar-refractivity contribution < 1.29 is 19.0 Å². The van der Waals surface area contributed by atoms with Gasteiger partial charge in [0.15, 0.2) is 0 Å². The lowest BCUT2D eigenvalue weighted by Crippen LogP contribution is -2.22. The van der Waals surface area contributed by atoms with Gasteiger partial charge in [-0.25, -0.2) is 0 Å². The van der Waals surface area contributed by atoms with Gasteiger partial charge < -0.3 is 24.5 Å². The van der Waals surface area contributed by atoms with E-state index >= 15 is 0 Å². The zero-order chi connectivity index (χ0) is 18.7. The van der Waals surface area contributed by atoms with Crippen molar-refractivity contribution in [3.05, 3.63) is 58.4 Å². The molecule has 2 aromatic carbocycles. The fraction of sp³-hybridized carbons (Fsp3) is 0.158. The first-order valence-corrected chi connectivity index (χ1v) is 7.80. The number of fused-ring (bicyclic) bond motifs is 1. The van der Waals surface area contributed by atoms with Gasteiger partial charge >= 0.3 is 0 Å². The van der Waals surface area contributed by atoms with Crippen LogP contribution in [-0.2, 0) is 0 Å². The van der Waals surface area contributed by atoms with Gasteiger partial charge in [0.2, 0.25) is 5.43 Å². The first kappa shape index (κ1) is 17.3. The van der Waals surface area contributed by atoms with E-state index in [9.17, 15) is 9.59 Å². The van der Waals surface area contributed by atoms with Crippen LogP contribution in [-0.4, -0.2) is 32.2 Å². The molecule has 0 aliphatic heterocycles. The molecule has 26 heavy (non-hydrogen) atoms. The number of nitrogens with one attached hydrogen (secondary N) is 2. The Hall–Kier alpha value is -3.48. The van der Waals surface area contributed by atoms with E-state index in [1.165, 1.54) is 27.5 Å². The van der Waals surface area contributed by atoms with Crippen LogP contribution in [0.4, 0.5) is 5.69 Å². The van der Waals surface area contributed by atoms with Gasteiger partial charge in [-0.2, -0.15) is 0 Å². The third kappa shape index (κ3) is 3.19. The van der Waals surface area contributed by atoms with Crippen molar-refractivity contribution in [1.29, 1.82) is 0 Å². The number of hydrogen-bond donors (Lipinski definition) is 2. The maximum atomic E-state index is 12.7. The second-order valence-electron chi connectivity index (χ2n) is 5.46. The van der Waals surface area contributed by atoms with Crippen molar-refractivity contribution >= 4 is 22.5 Å². The number of carbonyl (C=O) groups is 1. The summed E-state index contributed by atoms with van der Waals surface area (Å²) in [6, 6.07) is 10.0. The van der Waals surface area contributed by atoms with Crippen LogP contribution in [0.5, 0.6) is 17.2 Å². The zero-order valence-corrected chi connectivity index (χ0v) is 14.6. The summed E-state index contributed by atoms with van der Waals surface area (Å²) in [5.41, 5.74) is 0.657. The molecular formula is C19H18N2O5. The highest BCUT2D eigenvalue weighted by Crippen LogP contribution is 2.29. The molecule has 1 heterocycles. The Bertz CT molecular complexity index is 1030. The summed E-state index contributed by atoms with van der Waals surface area (Å²) in [5.74, 6) is 1.02. The van der Waals surface area contributed by atoms with Crippen LogP contribution in [0.15, 0.2) is 47.4 Å². The Labute approximate surface area is 149 Å². The molecule has 0 aliphatic carbocycles. The highest BCUT2D eigenvalue weighted by Gasteiger charge is 2.16. The van der Waals surface area contributed by atoms with E-state index in [1.54, 1.807) is 36.4 Å². The lowest BCUT2D eigenvalue weighted by molar-refractivity contribution is 0.102. The monoisotopic (exact) mass is 354 g/mol. The summed E-state index contributed by atoms with van der Waals surface area (Å²) >= 11 is 0. The Kier molecular flexibility index (Phi) is 4.79. The van der Waals surface area contributed by atoms with Crippen LogP contribution in [0.3, 0.4) is 0 Å². The molecule has 0 spiro atoms. The van der Waals surface area contributed by atoms with Crippen LogP contribution in [0, 0.1) is 0 Å². The molecule has 7 heteroatoms. The molecule has 0 aliphatic rings. The fourth-order valence-corrected chi connectivity index (χ4v) is 2.58. The molecule has 0 unspecified atom stereocenters. The maximum absolute atomic E-state index is 12.7. The second kappa shape index (κ2) is 7.18. The molecular weight excluding hydrogens is 336 g/mol. The molecule has 2 N–H and O–H groups in total. The molecule has 1 aromatic heterocycles. The van der Waals surface area contributed by atoms with Crippen molar-refractivity contribution in [3.8, 4) is 17.2 Å². The van der Waals surface area contributed by atoms with Crippen molar-refractivity contribution in [1.82, 2.24) is 4.98 Å². The van der Waals surface area contributed by atoms with E-state index in [0.29, 0.717) is 33.8 Å². The van der Waals surface area contributed by atoms with E-state index in [1.807, 2.05) is 0 Å². The van der Waals surface area contributed by atoms with Crippen LogP contribution in [0.1, 0.15) is 10.4 Å². The third-order valence-electron chi connectivity index (χ3n) is 3.99. The molecule has 0 saturated carbocycles. The van der Waals surface area contributed by atoms with E-state index in [4.69, 9.17) is 14.2 Å². The number of pyridine rings is 1. The maximum Gasteiger partial charge on any atom is 0.261 e. The number of hydrogen-bond acceptors (Lipinski definition) is 5. The SMILES string of the molecule is COc1ccc(NC(=O)c2c[nH]c3ccc(OC)cc3c2=O)c(OC)c1. The minimum absolute atomic E-state index is 0.0105. The highest BCUT2D eigenvalue weighted by molar-refractivity contribution is 6.06. The van der Waals surface area contributed by atoms with Gasteiger partial charge in [0.25, 0.3) is 5.91 Å². The molecule has 0 radical (unpaired) electrons. The van der Waals surface area contributed by atoms with Gasteiger partial charge in [0.05, 0.1) is 27.0 Å². The summed E-state index contributed by atoms with van der Waals surface area (Å²) in [7, 11) is 4.54. The van der Waals surface area contributed by atoms with Gasteiger partial charge in [-0.15, -0.1) is 0 Å². The average molecular weight is 354 g/mol. The predicted octanol–water partition coefficient (Wildman–Crippen LogP) is 2.81. The third-order valence-corrected chi connectivity index (χ3v) is 3.99. The minimum Gasteiger partial charge on any atom is -0.497 e. The van der Waals surface area contributed by atoms with Crippen molar-refractivity contribution in [2.24, 2.45) is 0 Å². The Balaban J connectivity index is 1.98. The minimum atomic E-state index is -0.542. The average Bonchev–Trinajstić information content (AvgIpc) is 2.68. The number of H-pyrrole nitrogens is 1. The molecule has 0 fully saturated rings. The normalized spacial score (nSPS) is 10.4. The van der Waals surface area contributed by atoms with Gasteiger partial charge in [-0.1, -0.05) is 0 Å². The number of rotatable bonds is 5. The first-order valence-electron chi connectivity index (χ1n) is 7.80. The second-order valence-corrected chi connectivity index (χ2v) is 5.46. The smallest absolute Gasteiger partial charge is 0.261 e. The van der Waals surface area contributed by atoms with Crippen molar-refractivity contribution in [2.45, 2.75) is 0 Å². The number of anilines is 1. The van der Waals surface area contributed by atoms with Crippen molar-refractivity contribution in [2.75, 3.05) is 26.6 Å². The summed E-state index contributed by atoms with van der Waals surface area (Å²) in [6.45, 7) is 0.